The minimum atomic E-state index is 0.295. The van der Waals surface area contributed by atoms with Crippen LogP contribution in [0, 0.1) is 11.3 Å². The van der Waals surface area contributed by atoms with Gasteiger partial charge in [0.05, 0.1) is 11.3 Å². The van der Waals surface area contributed by atoms with Crippen molar-refractivity contribution in [3.63, 3.8) is 0 Å². The molecule has 0 aliphatic rings. The number of hydrogen-bond acceptors (Lipinski definition) is 4. The number of rotatable bonds is 3. The summed E-state index contributed by atoms with van der Waals surface area (Å²) in [5, 5.41) is 8.89. The highest BCUT2D eigenvalue weighted by molar-refractivity contribution is 5.42. The number of nitrogens with zero attached hydrogens (tertiary/aromatic N) is 2. The van der Waals surface area contributed by atoms with E-state index in [2.05, 4.69) is 11.1 Å². The van der Waals surface area contributed by atoms with E-state index in [4.69, 9.17) is 15.7 Å². The molecule has 84 valence electrons. The highest BCUT2D eigenvalue weighted by Gasteiger charge is 2.02. The Morgan fingerprint density at radius 1 is 1.29 bits per heavy atom. The van der Waals surface area contributed by atoms with E-state index in [0.717, 1.165) is 5.69 Å². The topological polar surface area (TPSA) is 71.9 Å². The summed E-state index contributed by atoms with van der Waals surface area (Å²) in [7, 11) is 0. The summed E-state index contributed by atoms with van der Waals surface area (Å²) in [6.45, 7) is 0.295. The number of para-hydroxylation sites is 1. The lowest BCUT2D eigenvalue weighted by Crippen LogP contribution is -2.00. The Hall–Kier alpha value is -2.54. The average Bonchev–Trinajstić information content (AvgIpc) is 2.37. The molecule has 0 unspecified atom stereocenters. The van der Waals surface area contributed by atoms with E-state index in [1.54, 1.807) is 36.5 Å². The smallest absolute Gasteiger partial charge is 0.137 e. The maximum atomic E-state index is 8.89. The fourth-order valence-corrected chi connectivity index (χ4v) is 1.41. The number of nitrogen functional groups attached to an aromatic ring is 1. The van der Waals surface area contributed by atoms with E-state index < -0.39 is 0 Å². The molecule has 4 heteroatoms. The number of anilines is 1. The van der Waals surface area contributed by atoms with Crippen LogP contribution in [0.15, 0.2) is 42.6 Å². The molecule has 0 bridgehead atoms. The van der Waals surface area contributed by atoms with Crippen LogP contribution >= 0.6 is 0 Å². The number of benzene rings is 1. The largest absolute Gasteiger partial charge is 0.486 e. The van der Waals surface area contributed by atoms with Gasteiger partial charge < -0.3 is 10.5 Å². The summed E-state index contributed by atoms with van der Waals surface area (Å²) >= 11 is 0. The molecule has 4 nitrogen and oxygen atoms in total. The average molecular weight is 225 g/mol. The Balaban J connectivity index is 2.10. The van der Waals surface area contributed by atoms with Crippen molar-refractivity contribution in [1.29, 1.82) is 5.26 Å². The standard InChI is InChI=1S/C13H11N3O/c14-8-10-3-1-2-4-13(10)17-9-12-7-11(15)5-6-16-12/h1-7H,9H2,(H2,15,16). The van der Waals surface area contributed by atoms with Gasteiger partial charge in [0.15, 0.2) is 0 Å². The van der Waals surface area contributed by atoms with Crippen LogP contribution in [-0.2, 0) is 6.61 Å². The molecule has 2 aromatic rings. The van der Waals surface area contributed by atoms with Crippen molar-refractivity contribution < 1.29 is 4.74 Å². The number of nitrogens with two attached hydrogens (primary N) is 1. The maximum Gasteiger partial charge on any atom is 0.137 e. The zero-order chi connectivity index (χ0) is 12.1. The number of hydrogen-bond donors (Lipinski definition) is 1. The highest BCUT2D eigenvalue weighted by atomic mass is 16.5. The van der Waals surface area contributed by atoms with Crippen molar-refractivity contribution in [2.75, 3.05) is 5.73 Å². The number of nitriles is 1. The molecular weight excluding hydrogens is 214 g/mol. The van der Waals surface area contributed by atoms with Gasteiger partial charge in [0.2, 0.25) is 0 Å². The number of pyridine rings is 1. The van der Waals surface area contributed by atoms with Gasteiger partial charge in [-0.2, -0.15) is 5.26 Å². The zero-order valence-corrected chi connectivity index (χ0v) is 9.13. The van der Waals surface area contributed by atoms with E-state index >= 15 is 0 Å². The second-order valence-corrected chi connectivity index (χ2v) is 3.48. The molecule has 0 radical (unpaired) electrons. The normalized spacial score (nSPS) is 9.59. The molecule has 0 amide bonds. The first-order chi connectivity index (χ1) is 8.29. The second-order valence-electron chi connectivity index (χ2n) is 3.48. The van der Waals surface area contributed by atoms with Crippen molar-refractivity contribution in [2.24, 2.45) is 0 Å². The zero-order valence-electron chi connectivity index (χ0n) is 9.13. The van der Waals surface area contributed by atoms with E-state index in [1.807, 2.05) is 6.07 Å². The molecule has 0 aliphatic heterocycles. The molecule has 0 saturated heterocycles. The predicted molar refractivity (Wildman–Crippen MR) is 64.1 cm³/mol. The molecule has 17 heavy (non-hydrogen) atoms. The lowest BCUT2D eigenvalue weighted by atomic mass is 10.2. The predicted octanol–water partition coefficient (Wildman–Crippen LogP) is 2.11. The Bertz CT molecular complexity index is 561. The summed E-state index contributed by atoms with van der Waals surface area (Å²) in [6.07, 6.45) is 1.63. The molecular formula is C13H11N3O. The minimum Gasteiger partial charge on any atom is -0.486 e. The second kappa shape index (κ2) is 4.99. The third kappa shape index (κ3) is 2.73. The number of ether oxygens (including phenoxy) is 1. The van der Waals surface area contributed by atoms with Crippen molar-refractivity contribution in [1.82, 2.24) is 4.98 Å². The van der Waals surface area contributed by atoms with Crippen LogP contribution in [0.25, 0.3) is 0 Å². The Morgan fingerprint density at radius 2 is 2.12 bits per heavy atom. The van der Waals surface area contributed by atoms with Gasteiger partial charge in [0.25, 0.3) is 0 Å². The van der Waals surface area contributed by atoms with Crippen LogP contribution in [0.4, 0.5) is 5.69 Å². The van der Waals surface area contributed by atoms with Gasteiger partial charge in [0.1, 0.15) is 18.4 Å². The van der Waals surface area contributed by atoms with E-state index in [1.165, 1.54) is 0 Å². The molecule has 0 spiro atoms. The summed E-state index contributed by atoms with van der Waals surface area (Å²) in [4.78, 5) is 4.12. The van der Waals surface area contributed by atoms with Crippen LogP contribution in [0.3, 0.4) is 0 Å². The minimum absolute atomic E-state index is 0.295. The summed E-state index contributed by atoms with van der Waals surface area (Å²) in [5.74, 6) is 0.555. The van der Waals surface area contributed by atoms with E-state index in [9.17, 15) is 0 Å². The van der Waals surface area contributed by atoms with Crippen LogP contribution < -0.4 is 10.5 Å². The monoisotopic (exact) mass is 225 g/mol. The van der Waals surface area contributed by atoms with Gasteiger partial charge in [0, 0.05) is 11.9 Å². The van der Waals surface area contributed by atoms with Gasteiger partial charge >= 0.3 is 0 Å². The molecule has 1 aromatic heterocycles. The van der Waals surface area contributed by atoms with Crippen molar-refractivity contribution in [3.8, 4) is 11.8 Å². The van der Waals surface area contributed by atoms with Gasteiger partial charge in [-0.1, -0.05) is 12.1 Å². The quantitative estimate of drug-likeness (QED) is 0.868. The van der Waals surface area contributed by atoms with Crippen LogP contribution in [0.5, 0.6) is 5.75 Å². The molecule has 0 saturated carbocycles. The molecule has 0 fully saturated rings. The first kappa shape index (κ1) is 11.0. The van der Waals surface area contributed by atoms with Gasteiger partial charge in [-0.15, -0.1) is 0 Å². The van der Waals surface area contributed by atoms with Crippen molar-refractivity contribution >= 4 is 5.69 Å². The lowest BCUT2D eigenvalue weighted by molar-refractivity contribution is 0.300. The molecule has 2 rings (SSSR count). The molecule has 0 atom stereocenters. The Labute approximate surface area is 99.3 Å². The maximum absolute atomic E-state index is 8.89. The molecule has 1 heterocycles. The van der Waals surface area contributed by atoms with Gasteiger partial charge in [-0.05, 0) is 24.3 Å². The third-order valence-electron chi connectivity index (χ3n) is 2.22. The summed E-state index contributed by atoms with van der Waals surface area (Å²) in [6, 6.07) is 12.6. The summed E-state index contributed by atoms with van der Waals surface area (Å²) in [5.41, 5.74) is 7.53. The fourth-order valence-electron chi connectivity index (χ4n) is 1.41. The first-order valence-electron chi connectivity index (χ1n) is 5.12. The highest BCUT2D eigenvalue weighted by Crippen LogP contribution is 2.18. The fraction of sp³-hybridized carbons (Fsp3) is 0.0769. The SMILES string of the molecule is N#Cc1ccccc1OCc1cc(N)ccn1. The first-order valence-corrected chi connectivity index (χ1v) is 5.12. The number of aromatic nitrogens is 1. The lowest BCUT2D eigenvalue weighted by Gasteiger charge is -2.07. The van der Waals surface area contributed by atoms with Crippen molar-refractivity contribution in [2.45, 2.75) is 6.61 Å². The van der Waals surface area contributed by atoms with Crippen molar-refractivity contribution in [3.05, 3.63) is 53.9 Å². The summed E-state index contributed by atoms with van der Waals surface area (Å²) < 4.78 is 5.53. The van der Waals surface area contributed by atoms with E-state index in [-0.39, 0.29) is 0 Å². The van der Waals surface area contributed by atoms with Gasteiger partial charge in [-0.25, -0.2) is 0 Å². The molecule has 2 N–H and O–H groups in total. The molecule has 1 aromatic carbocycles. The van der Waals surface area contributed by atoms with Crippen LogP contribution in [0.2, 0.25) is 0 Å². The Kier molecular flexibility index (Phi) is 3.22. The Morgan fingerprint density at radius 3 is 2.88 bits per heavy atom. The third-order valence-corrected chi connectivity index (χ3v) is 2.22. The van der Waals surface area contributed by atoms with E-state index in [0.29, 0.717) is 23.6 Å². The van der Waals surface area contributed by atoms with Crippen LogP contribution in [-0.4, -0.2) is 4.98 Å². The van der Waals surface area contributed by atoms with Gasteiger partial charge in [-0.3, -0.25) is 4.98 Å². The molecule has 0 aliphatic carbocycles. The van der Waals surface area contributed by atoms with Crippen LogP contribution in [0.1, 0.15) is 11.3 Å².